The standard InChI is InChI=1S/C12H16ClNO2S/c1-8-7-14(5-3-9(8)13)12(15)11-10(16-2)4-6-17-11/h4,6,8-9H,3,5,7H2,1-2H3. The van der Waals surface area contributed by atoms with E-state index >= 15 is 0 Å². The first-order valence-corrected chi connectivity index (χ1v) is 7.00. The summed E-state index contributed by atoms with van der Waals surface area (Å²) in [7, 11) is 1.59. The number of likely N-dealkylation sites (tertiary alicyclic amines) is 1. The maximum Gasteiger partial charge on any atom is 0.267 e. The van der Waals surface area contributed by atoms with E-state index in [4.69, 9.17) is 16.3 Å². The number of carbonyl (C=O) groups excluding carboxylic acids is 1. The molecule has 1 aromatic heterocycles. The van der Waals surface area contributed by atoms with Crippen molar-refractivity contribution in [1.82, 2.24) is 4.90 Å². The number of hydrogen-bond acceptors (Lipinski definition) is 3. The highest BCUT2D eigenvalue weighted by molar-refractivity contribution is 7.12. The molecule has 0 saturated carbocycles. The molecule has 0 aliphatic carbocycles. The van der Waals surface area contributed by atoms with E-state index in [0.29, 0.717) is 16.5 Å². The third kappa shape index (κ3) is 2.58. The zero-order valence-corrected chi connectivity index (χ0v) is 11.6. The molecule has 1 saturated heterocycles. The monoisotopic (exact) mass is 273 g/mol. The molecular formula is C12H16ClNO2S. The largest absolute Gasteiger partial charge is 0.495 e. The van der Waals surface area contributed by atoms with Gasteiger partial charge in [-0.05, 0) is 23.8 Å². The number of hydrogen-bond donors (Lipinski definition) is 0. The number of thiophene rings is 1. The number of carbonyl (C=O) groups is 1. The van der Waals surface area contributed by atoms with Gasteiger partial charge in [0.2, 0.25) is 0 Å². The Kier molecular flexibility index (Phi) is 3.94. The molecular weight excluding hydrogens is 258 g/mol. The van der Waals surface area contributed by atoms with E-state index in [1.165, 1.54) is 11.3 Å². The van der Waals surface area contributed by atoms with E-state index in [2.05, 4.69) is 6.92 Å². The van der Waals surface area contributed by atoms with Crippen molar-refractivity contribution in [2.24, 2.45) is 5.92 Å². The number of alkyl halides is 1. The molecule has 5 heteroatoms. The molecule has 1 fully saturated rings. The van der Waals surface area contributed by atoms with Gasteiger partial charge in [-0.2, -0.15) is 0 Å². The van der Waals surface area contributed by atoms with E-state index in [1.807, 2.05) is 16.3 Å². The zero-order valence-electron chi connectivity index (χ0n) is 9.98. The van der Waals surface area contributed by atoms with Gasteiger partial charge in [-0.25, -0.2) is 0 Å². The van der Waals surface area contributed by atoms with Crippen LogP contribution in [-0.4, -0.2) is 36.4 Å². The quantitative estimate of drug-likeness (QED) is 0.776. The molecule has 1 amide bonds. The summed E-state index contributed by atoms with van der Waals surface area (Å²) in [6.45, 7) is 3.55. The van der Waals surface area contributed by atoms with E-state index in [9.17, 15) is 4.79 Å². The minimum atomic E-state index is 0.0623. The third-order valence-electron chi connectivity index (χ3n) is 3.13. The molecule has 1 aromatic rings. The lowest BCUT2D eigenvalue weighted by molar-refractivity contribution is 0.0689. The van der Waals surface area contributed by atoms with Gasteiger partial charge in [0.15, 0.2) is 0 Å². The summed E-state index contributed by atoms with van der Waals surface area (Å²) in [5.74, 6) is 1.08. The van der Waals surface area contributed by atoms with Gasteiger partial charge in [0.1, 0.15) is 10.6 Å². The molecule has 2 rings (SSSR count). The summed E-state index contributed by atoms with van der Waals surface area (Å²) >= 11 is 7.59. The number of rotatable bonds is 2. The highest BCUT2D eigenvalue weighted by atomic mass is 35.5. The second-order valence-electron chi connectivity index (χ2n) is 4.35. The Bertz CT molecular complexity index is 407. The smallest absolute Gasteiger partial charge is 0.267 e. The van der Waals surface area contributed by atoms with Gasteiger partial charge in [-0.1, -0.05) is 6.92 Å². The van der Waals surface area contributed by atoms with Gasteiger partial charge < -0.3 is 9.64 Å². The predicted molar refractivity (Wildman–Crippen MR) is 70.2 cm³/mol. The summed E-state index contributed by atoms with van der Waals surface area (Å²) in [5, 5.41) is 2.06. The first-order valence-electron chi connectivity index (χ1n) is 5.68. The molecule has 94 valence electrons. The van der Waals surface area contributed by atoms with Crippen molar-refractivity contribution in [1.29, 1.82) is 0 Å². The zero-order chi connectivity index (χ0) is 12.4. The lowest BCUT2D eigenvalue weighted by Crippen LogP contribution is -2.43. The van der Waals surface area contributed by atoms with Crippen LogP contribution < -0.4 is 4.74 Å². The Hall–Kier alpha value is -0.740. The van der Waals surface area contributed by atoms with Crippen molar-refractivity contribution in [2.45, 2.75) is 18.7 Å². The normalized spacial score (nSPS) is 24.8. The van der Waals surface area contributed by atoms with Crippen LogP contribution in [0, 0.1) is 5.92 Å². The first kappa shape index (κ1) is 12.7. The summed E-state index contributed by atoms with van der Waals surface area (Å²) < 4.78 is 5.18. The Morgan fingerprint density at radius 2 is 2.41 bits per heavy atom. The second kappa shape index (κ2) is 5.27. The van der Waals surface area contributed by atoms with Crippen LogP contribution in [-0.2, 0) is 0 Å². The van der Waals surface area contributed by atoms with Gasteiger partial charge in [0.05, 0.1) is 7.11 Å². The molecule has 1 aliphatic heterocycles. The fourth-order valence-corrected chi connectivity index (χ4v) is 3.06. The van der Waals surface area contributed by atoms with Crippen molar-refractivity contribution >= 4 is 28.8 Å². The Labute approximate surface area is 110 Å². The van der Waals surface area contributed by atoms with Crippen molar-refractivity contribution in [2.75, 3.05) is 20.2 Å². The highest BCUT2D eigenvalue weighted by Crippen LogP contribution is 2.29. The van der Waals surface area contributed by atoms with Crippen LogP contribution in [0.1, 0.15) is 23.0 Å². The maximum atomic E-state index is 12.3. The topological polar surface area (TPSA) is 29.5 Å². The average molecular weight is 274 g/mol. The number of nitrogens with zero attached hydrogens (tertiary/aromatic N) is 1. The number of piperidine rings is 1. The fraction of sp³-hybridized carbons (Fsp3) is 0.583. The van der Waals surface area contributed by atoms with E-state index in [0.717, 1.165) is 19.5 Å². The lowest BCUT2D eigenvalue weighted by atomic mass is 9.99. The molecule has 3 nitrogen and oxygen atoms in total. The lowest BCUT2D eigenvalue weighted by Gasteiger charge is -2.33. The van der Waals surface area contributed by atoms with Crippen LogP contribution in [0.4, 0.5) is 0 Å². The Balaban J connectivity index is 2.10. The fourth-order valence-electron chi connectivity index (χ4n) is 2.06. The molecule has 0 spiro atoms. The van der Waals surface area contributed by atoms with Gasteiger partial charge in [0.25, 0.3) is 5.91 Å². The molecule has 0 bridgehead atoms. The molecule has 0 aromatic carbocycles. The van der Waals surface area contributed by atoms with Crippen LogP contribution in [0.5, 0.6) is 5.75 Å². The summed E-state index contributed by atoms with van der Waals surface area (Å²) in [6, 6.07) is 1.83. The third-order valence-corrected chi connectivity index (χ3v) is 4.66. The maximum absolute atomic E-state index is 12.3. The van der Waals surface area contributed by atoms with Crippen molar-refractivity contribution < 1.29 is 9.53 Å². The molecule has 1 aliphatic rings. The van der Waals surface area contributed by atoms with Gasteiger partial charge >= 0.3 is 0 Å². The van der Waals surface area contributed by atoms with E-state index in [-0.39, 0.29) is 11.3 Å². The molecule has 2 unspecified atom stereocenters. The molecule has 0 radical (unpaired) electrons. The average Bonchev–Trinajstić information content (AvgIpc) is 2.80. The predicted octanol–water partition coefficient (Wildman–Crippen LogP) is 2.85. The Morgan fingerprint density at radius 3 is 3.06 bits per heavy atom. The molecule has 2 heterocycles. The summed E-state index contributed by atoms with van der Waals surface area (Å²) in [6.07, 6.45) is 0.863. The molecule has 2 atom stereocenters. The van der Waals surface area contributed by atoms with E-state index in [1.54, 1.807) is 7.11 Å². The highest BCUT2D eigenvalue weighted by Gasteiger charge is 2.29. The van der Waals surface area contributed by atoms with Crippen molar-refractivity contribution in [3.05, 3.63) is 16.3 Å². The summed E-state index contributed by atoms with van der Waals surface area (Å²) in [5.41, 5.74) is 0. The summed E-state index contributed by atoms with van der Waals surface area (Å²) in [4.78, 5) is 14.9. The first-order chi connectivity index (χ1) is 8.13. The Morgan fingerprint density at radius 1 is 1.65 bits per heavy atom. The van der Waals surface area contributed by atoms with Crippen LogP contribution in [0.2, 0.25) is 0 Å². The van der Waals surface area contributed by atoms with Gasteiger partial charge in [-0.15, -0.1) is 22.9 Å². The number of amides is 1. The van der Waals surface area contributed by atoms with Crippen LogP contribution in [0.15, 0.2) is 11.4 Å². The number of halogens is 1. The molecule has 17 heavy (non-hydrogen) atoms. The van der Waals surface area contributed by atoms with E-state index < -0.39 is 0 Å². The van der Waals surface area contributed by atoms with Crippen molar-refractivity contribution in [3.63, 3.8) is 0 Å². The number of ether oxygens (including phenoxy) is 1. The van der Waals surface area contributed by atoms with Crippen LogP contribution >= 0.6 is 22.9 Å². The number of methoxy groups -OCH3 is 1. The SMILES string of the molecule is COc1ccsc1C(=O)N1CCC(Cl)C(C)C1. The van der Waals surface area contributed by atoms with Crippen LogP contribution in [0.3, 0.4) is 0 Å². The van der Waals surface area contributed by atoms with Gasteiger partial charge in [0, 0.05) is 18.5 Å². The molecule has 0 N–H and O–H groups in total. The van der Waals surface area contributed by atoms with Gasteiger partial charge in [-0.3, -0.25) is 4.79 Å². The second-order valence-corrected chi connectivity index (χ2v) is 5.83. The van der Waals surface area contributed by atoms with Crippen molar-refractivity contribution in [3.8, 4) is 5.75 Å². The van der Waals surface area contributed by atoms with Crippen LogP contribution in [0.25, 0.3) is 0 Å². The minimum absolute atomic E-state index is 0.0623. The minimum Gasteiger partial charge on any atom is -0.495 e.